The summed E-state index contributed by atoms with van der Waals surface area (Å²) in [4.78, 5) is 28.1. The maximum Gasteiger partial charge on any atom is 0.262 e. The molecule has 1 heterocycles. The molecule has 2 aromatic carbocycles. The van der Waals surface area contributed by atoms with Crippen LogP contribution in [0.5, 0.6) is 5.75 Å². The monoisotopic (exact) mass is 440 g/mol. The van der Waals surface area contributed by atoms with E-state index in [1.54, 1.807) is 30.5 Å². The van der Waals surface area contributed by atoms with E-state index in [-0.39, 0.29) is 18.4 Å². The SMILES string of the molecule is CC(C)C[C@H](NC(=O)COc1ccc(Cl)cc1)C(=O)N/N=C\c1c[nH]c2ccccc12. The van der Waals surface area contributed by atoms with Crippen molar-refractivity contribution in [1.82, 2.24) is 15.7 Å². The number of H-pyrrole nitrogens is 1. The summed E-state index contributed by atoms with van der Waals surface area (Å²) in [5.74, 6) is -0.0560. The van der Waals surface area contributed by atoms with Crippen LogP contribution in [-0.4, -0.2) is 35.7 Å². The summed E-state index contributed by atoms with van der Waals surface area (Å²) in [5.41, 5.74) is 4.37. The van der Waals surface area contributed by atoms with E-state index in [2.05, 4.69) is 20.8 Å². The number of nitrogens with one attached hydrogen (secondary N) is 3. The maximum atomic E-state index is 12.6. The smallest absolute Gasteiger partial charge is 0.262 e. The first-order valence-corrected chi connectivity index (χ1v) is 10.4. The van der Waals surface area contributed by atoms with Crippen LogP contribution in [0.4, 0.5) is 0 Å². The zero-order chi connectivity index (χ0) is 22.2. The third kappa shape index (κ3) is 6.58. The van der Waals surface area contributed by atoms with Gasteiger partial charge in [0.15, 0.2) is 6.61 Å². The maximum absolute atomic E-state index is 12.6. The van der Waals surface area contributed by atoms with E-state index in [0.29, 0.717) is 17.2 Å². The molecule has 0 bridgehead atoms. The van der Waals surface area contributed by atoms with E-state index in [1.807, 2.05) is 44.3 Å². The summed E-state index contributed by atoms with van der Waals surface area (Å²) in [6.45, 7) is 3.75. The van der Waals surface area contributed by atoms with Crippen LogP contribution in [-0.2, 0) is 9.59 Å². The highest BCUT2D eigenvalue weighted by molar-refractivity contribution is 6.30. The number of aromatic nitrogens is 1. The minimum atomic E-state index is -0.721. The molecule has 0 fully saturated rings. The third-order valence-electron chi connectivity index (χ3n) is 4.54. The second-order valence-electron chi connectivity index (χ2n) is 7.52. The number of aromatic amines is 1. The second-order valence-corrected chi connectivity index (χ2v) is 7.95. The molecule has 7 nitrogen and oxygen atoms in total. The fraction of sp³-hybridized carbons (Fsp3) is 0.261. The summed E-state index contributed by atoms with van der Waals surface area (Å²) in [5, 5.41) is 8.37. The molecule has 3 N–H and O–H groups in total. The Hall–Kier alpha value is -3.32. The van der Waals surface area contributed by atoms with Gasteiger partial charge in [0.2, 0.25) is 0 Å². The van der Waals surface area contributed by atoms with Gasteiger partial charge in [0.05, 0.1) is 6.21 Å². The molecule has 0 saturated carbocycles. The highest BCUT2D eigenvalue weighted by atomic mass is 35.5. The Bertz CT molecular complexity index is 1060. The molecule has 0 aliphatic rings. The summed E-state index contributed by atoms with van der Waals surface area (Å²) in [6, 6.07) is 13.8. The Morgan fingerprint density at radius 3 is 2.65 bits per heavy atom. The topological polar surface area (TPSA) is 95.6 Å². The van der Waals surface area contributed by atoms with Gasteiger partial charge in [0.1, 0.15) is 11.8 Å². The van der Waals surface area contributed by atoms with E-state index >= 15 is 0 Å². The summed E-state index contributed by atoms with van der Waals surface area (Å²) >= 11 is 5.84. The quantitative estimate of drug-likeness (QED) is 0.348. The molecule has 3 aromatic rings. The van der Waals surface area contributed by atoms with Gasteiger partial charge in [-0.25, -0.2) is 5.43 Å². The molecule has 2 amide bonds. The van der Waals surface area contributed by atoms with Gasteiger partial charge in [-0.2, -0.15) is 5.10 Å². The first-order chi connectivity index (χ1) is 14.9. The van der Waals surface area contributed by atoms with Crippen molar-refractivity contribution < 1.29 is 14.3 Å². The Balaban J connectivity index is 1.56. The number of carbonyl (C=O) groups is 2. The van der Waals surface area contributed by atoms with Crippen molar-refractivity contribution in [3.05, 3.63) is 65.3 Å². The lowest BCUT2D eigenvalue weighted by Gasteiger charge is -2.19. The number of amides is 2. The highest BCUT2D eigenvalue weighted by Gasteiger charge is 2.22. The lowest BCUT2D eigenvalue weighted by Crippen LogP contribution is -2.47. The molecule has 31 heavy (non-hydrogen) atoms. The van der Waals surface area contributed by atoms with Crippen molar-refractivity contribution in [3.8, 4) is 5.75 Å². The van der Waals surface area contributed by atoms with Crippen molar-refractivity contribution in [2.75, 3.05) is 6.61 Å². The van der Waals surface area contributed by atoms with Crippen LogP contribution < -0.4 is 15.5 Å². The van der Waals surface area contributed by atoms with Crippen molar-refractivity contribution in [1.29, 1.82) is 0 Å². The predicted molar refractivity (Wildman–Crippen MR) is 122 cm³/mol. The molecule has 0 saturated heterocycles. The number of hydrogen-bond acceptors (Lipinski definition) is 4. The molecule has 0 unspecified atom stereocenters. The van der Waals surface area contributed by atoms with E-state index < -0.39 is 11.9 Å². The second kappa shape index (κ2) is 10.6. The van der Waals surface area contributed by atoms with Crippen LogP contribution in [0.1, 0.15) is 25.8 Å². The van der Waals surface area contributed by atoms with Gasteiger partial charge in [0, 0.05) is 27.7 Å². The lowest BCUT2D eigenvalue weighted by atomic mass is 10.0. The molecule has 1 atom stereocenters. The average molecular weight is 441 g/mol. The van der Waals surface area contributed by atoms with Crippen molar-refractivity contribution >= 4 is 40.5 Å². The van der Waals surface area contributed by atoms with E-state index in [0.717, 1.165) is 16.5 Å². The summed E-state index contributed by atoms with van der Waals surface area (Å²) < 4.78 is 5.44. The van der Waals surface area contributed by atoms with Crippen LogP contribution in [0.3, 0.4) is 0 Å². The molecular formula is C23H25ClN4O3. The summed E-state index contributed by atoms with van der Waals surface area (Å²) in [6.07, 6.45) is 3.87. The van der Waals surface area contributed by atoms with Gasteiger partial charge < -0.3 is 15.0 Å². The molecule has 1 aromatic heterocycles. The number of carbonyl (C=O) groups excluding carboxylic acids is 2. The number of ether oxygens (including phenoxy) is 1. The van der Waals surface area contributed by atoms with E-state index in [9.17, 15) is 9.59 Å². The van der Waals surface area contributed by atoms with Gasteiger partial charge in [-0.1, -0.05) is 43.6 Å². The first-order valence-electron chi connectivity index (χ1n) is 9.99. The van der Waals surface area contributed by atoms with Gasteiger partial charge in [0.25, 0.3) is 11.8 Å². The third-order valence-corrected chi connectivity index (χ3v) is 4.79. The van der Waals surface area contributed by atoms with Gasteiger partial charge in [-0.3, -0.25) is 9.59 Å². The number of para-hydroxylation sites is 1. The standard InChI is InChI=1S/C23H25ClN4O3/c1-15(2)11-21(27-22(29)14-31-18-9-7-17(24)8-10-18)23(30)28-26-13-16-12-25-20-6-4-3-5-19(16)20/h3-10,12-13,15,21,25H,11,14H2,1-2H3,(H,27,29)(H,28,30)/b26-13-/t21-/m0/s1. The number of hydrogen-bond donors (Lipinski definition) is 3. The molecule has 0 aliphatic heterocycles. The molecule has 0 spiro atoms. The zero-order valence-electron chi connectivity index (χ0n) is 17.4. The molecule has 3 rings (SSSR count). The fourth-order valence-corrected chi connectivity index (χ4v) is 3.19. The molecular weight excluding hydrogens is 416 g/mol. The van der Waals surface area contributed by atoms with Crippen LogP contribution >= 0.6 is 11.6 Å². The highest BCUT2D eigenvalue weighted by Crippen LogP contribution is 2.16. The minimum absolute atomic E-state index is 0.200. The number of hydrazone groups is 1. The van der Waals surface area contributed by atoms with Crippen molar-refractivity contribution in [2.24, 2.45) is 11.0 Å². The van der Waals surface area contributed by atoms with Crippen LogP contribution in [0.25, 0.3) is 10.9 Å². The number of fused-ring (bicyclic) bond motifs is 1. The Morgan fingerprint density at radius 2 is 1.90 bits per heavy atom. The van der Waals surface area contributed by atoms with Gasteiger partial charge >= 0.3 is 0 Å². The molecule has 0 radical (unpaired) electrons. The van der Waals surface area contributed by atoms with Crippen molar-refractivity contribution in [3.63, 3.8) is 0 Å². The molecule has 8 heteroatoms. The number of rotatable bonds is 9. The largest absolute Gasteiger partial charge is 0.484 e. The zero-order valence-corrected chi connectivity index (χ0v) is 18.1. The molecule has 0 aliphatic carbocycles. The Morgan fingerprint density at radius 1 is 1.16 bits per heavy atom. The molecule has 162 valence electrons. The average Bonchev–Trinajstić information content (AvgIpc) is 3.16. The fourth-order valence-electron chi connectivity index (χ4n) is 3.06. The predicted octanol–water partition coefficient (Wildman–Crippen LogP) is 3.88. The van der Waals surface area contributed by atoms with Crippen LogP contribution in [0.2, 0.25) is 5.02 Å². The lowest BCUT2D eigenvalue weighted by molar-refractivity contribution is -0.130. The Labute approximate surface area is 185 Å². The number of benzene rings is 2. The Kier molecular flexibility index (Phi) is 7.67. The normalized spacial score (nSPS) is 12.3. The van der Waals surface area contributed by atoms with Gasteiger partial charge in [-0.05, 0) is 42.7 Å². The van der Waals surface area contributed by atoms with E-state index in [4.69, 9.17) is 16.3 Å². The summed E-state index contributed by atoms with van der Waals surface area (Å²) in [7, 11) is 0. The van der Waals surface area contributed by atoms with Gasteiger partial charge in [-0.15, -0.1) is 0 Å². The minimum Gasteiger partial charge on any atom is -0.484 e. The van der Waals surface area contributed by atoms with Crippen LogP contribution in [0, 0.1) is 5.92 Å². The number of halogens is 1. The number of nitrogens with zero attached hydrogens (tertiary/aromatic N) is 1. The van der Waals surface area contributed by atoms with Crippen LogP contribution in [0.15, 0.2) is 59.8 Å². The van der Waals surface area contributed by atoms with E-state index in [1.165, 1.54) is 0 Å². The van der Waals surface area contributed by atoms with Crippen molar-refractivity contribution in [2.45, 2.75) is 26.3 Å². The first kappa shape index (κ1) is 22.4.